The number of fused-ring (bicyclic) bond motifs is 2. The number of ether oxygens (including phenoxy) is 2. The first-order valence-corrected chi connectivity index (χ1v) is 6.47. The van der Waals surface area contributed by atoms with Crippen LogP contribution in [-0.2, 0) is 9.47 Å². The molecule has 1 aromatic heterocycles. The van der Waals surface area contributed by atoms with Crippen LogP contribution in [0, 0.1) is 0 Å². The van der Waals surface area contributed by atoms with Gasteiger partial charge in [0, 0.05) is 12.5 Å². The zero-order valence-electron chi connectivity index (χ0n) is 9.67. The van der Waals surface area contributed by atoms with E-state index in [1.165, 1.54) is 6.42 Å². The normalized spacial score (nSPS) is 40.2. The van der Waals surface area contributed by atoms with Gasteiger partial charge >= 0.3 is 0 Å². The number of hydrogen-bond acceptors (Lipinski definition) is 5. The van der Waals surface area contributed by atoms with Crippen molar-refractivity contribution in [2.45, 2.75) is 49.7 Å². The highest BCUT2D eigenvalue weighted by atomic mass is 16.5. The third-order valence-electron chi connectivity index (χ3n) is 4.18. The van der Waals surface area contributed by atoms with Crippen LogP contribution in [0.3, 0.4) is 0 Å². The summed E-state index contributed by atoms with van der Waals surface area (Å²) in [5.74, 6) is 2.25. The van der Waals surface area contributed by atoms with Gasteiger partial charge in [0.25, 0.3) is 0 Å². The Morgan fingerprint density at radius 2 is 2.18 bits per heavy atom. The van der Waals surface area contributed by atoms with E-state index in [0.717, 1.165) is 44.2 Å². The first kappa shape index (κ1) is 10.0. The fraction of sp³-hybridized carbons (Fsp3) is 0.833. The van der Waals surface area contributed by atoms with Crippen molar-refractivity contribution in [2.75, 3.05) is 13.2 Å². The summed E-state index contributed by atoms with van der Waals surface area (Å²) in [4.78, 5) is 4.56. The monoisotopic (exact) mass is 236 g/mol. The van der Waals surface area contributed by atoms with Crippen molar-refractivity contribution in [2.24, 2.45) is 0 Å². The molecule has 3 saturated heterocycles. The zero-order valence-corrected chi connectivity index (χ0v) is 9.67. The van der Waals surface area contributed by atoms with Gasteiger partial charge in [0.1, 0.15) is 0 Å². The molecule has 0 amide bonds. The van der Waals surface area contributed by atoms with E-state index in [-0.39, 0.29) is 0 Å². The SMILES string of the molecule is C1C[C@@H](c2noc([C@@H]3C[C@H]4CC[C@H]3O4)n2)CO1. The highest BCUT2D eigenvalue weighted by Gasteiger charge is 2.44. The summed E-state index contributed by atoms with van der Waals surface area (Å²) in [7, 11) is 0. The fourth-order valence-corrected chi connectivity index (χ4v) is 3.20. The second-order valence-corrected chi connectivity index (χ2v) is 5.27. The molecule has 3 fully saturated rings. The van der Waals surface area contributed by atoms with Gasteiger partial charge in [-0.05, 0) is 25.7 Å². The summed E-state index contributed by atoms with van der Waals surface area (Å²) in [6.07, 6.45) is 5.13. The second kappa shape index (κ2) is 3.78. The van der Waals surface area contributed by atoms with Crippen molar-refractivity contribution in [3.05, 3.63) is 11.7 Å². The van der Waals surface area contributed by atoms with Crippen LogP contribution in [0.25, 0.3) is 0 Å². The van der Waals surface area contributed by atoms with Gasteiger partial charge in [-0.25, -0.2) is 0 Å². The van der Waals surface area contributed by atoms with Crippen LogP contribution in [-0.4, -0.2) is 35.6 Å². The Bertz CT molecular complexity index is 414. The number of rotatable bonds is 2. The number of aromatic nitrogens is 2. The summed E-state index contributed by atoms with van der Waals surface area (Å²) in [6.45, 7) is 1.54. The molecule has 1 aromatic rings. The molecule has 4 rings (SSSR count). The Labute approximate surface area is 99.5 Å². The molecule has 0 radical (unpaired) electrons. The minimum atomic E-state index is 0.313. The van der Waals surface area contributed by atoms with Gasteiger partial charge in [-0.2, -0.15) is 4.98 Å². The molecule has 17 heavy (non-hydrogen) atoms. The van der Waals surface area contributed by atoms with Gasteiger partial charge in [0.2, 0.25) is 5.89 Å². The topological polar surface area (TPSA) is 57.4 Å². The molecule has 0 unspecified atom stereocenters. The van der Waals surface area contributed by atoms with Crippen molar-refractivity contribution >= 4 is 0 Å². The molecular weight excluding hydrogens is 220 g/mol. The molecule has 92 valence electrons. The quantitative estimate of drug-likeness (QED) is 0.780. The highest BCUT2D eigenvalue weighted by Crippen LogP contribution is 2.44. The van der Waals surface area contributed by atoms with Gasteiger partial charge in [0.15, 0.2) is 5.82 Å². The summed E-state index contributed by atoms with van der Waals surface area (Å²) in [5, 5.41) is 4.10. The largest absolute Gasteiger partial charge is 0.381 e. The molecule has 0 aliphatic carbocycles. The molecule has 0 N–H and O–H groups in total. The molecule has 0 spiro atoms. The lowest BCUT2D eigenvalue weighted by Crippen LogP contribution is -2.14. The van der Waals surface area contributed by atoms with E-state index in [1.54, 1.807) is 0 Å². The molecule has 5 heteroatoms. The van der Waals surface area contributed by atoms with Gasteiger partial charge in [-0.1, -0.05) is 5.16 Å². The molecule has 4 atom stereocenters. The molecule has 4 heterocycles. The van der Waals surface area contributed by atoms with Crippen LogP contribution in [0.1, 0.15) is 49.2 Å². The van der Waals surface area contributed by atoms with Crippen LogP contribution in [0.2, 0.25) is 0 Å². The van der Waals surface area contributed by atoms with Crippen LogP contribution in [0.15, 0.2) is 4.52 Å². The Morgan fingerprint density at radius 3 is 2.88 bits per heavy atom. The summed E-state index contributed by atoms with van der Waals surface area (Å²) in [5.41, 5.74) is 0. The summed E-state index contributed by atoms with van der Waals surface area (Å²) in [6, 6.07) is 0. The maximum Gasteiger partial charge on any atom is 0.232 e. The first-order valence-electron chi connectivity index (χ1n) is 6.47. The summed E-state index contributed by atoms with van der Waals surface area (Å²) < 4.78 is 16.6. The van der Waals surface area contributed by atoms with Gasteiger partial charge < -0.3 is 14.0 Å². The van der Waals surface area contributed by atoms with Crippen LogP contribution < -0.4 is 0 Å². The zero-order chi connectivity index (χ0) is 11.2. The number of hydrogen-bond donors (Lipinski definition) is 0. The van der Waals surface area contributed by atoms with E-state index in [4.69, 9.17) is 14.0 Å². The van der Waals surface area contributed by atoms with Crippen LogP contribution in [0.4, 0.5) is 0 Å². The van der Waals surface area contributed by atoms with Crippen molar-refractivity contribution < 1.29 is 14.0 Å². The van der Waals surface area contributed by atoms with Crippen molar-refractivity contribution in [1.82, 2.24) is 10.1 Å². The van der Waals surface area contributed by atoms with E-state index in [2.05, 4.69) is 10.1 Å². The van der Waals surface area contributed by atoms with E-state index >= 15 is 0 Å². The van der Waals surface area contributed by atoms with Crippen molar-refractivity contribution in [3.63, 3.8) is 0 Å². The number of nitrogens with zero attached hydrogens (tertiary/aromatic N) is 2. The molecule has 2 bridgehead atoms. The Hall–Kier alpha value is -0.940. The molecule has 0 saturated carbocycles. The average molecular weight is 236 g/mol. The lowest BCUT2D eigenvalue weighted by molar-refractivity contribution is 0.0974. The Balaban J connectivity index is 1.54. The predicted molar refractivity (Wildman–Crippen MR) is 57.7 cm³/mol. The minimum Gasteiger partial charge on any atom is -0.381 e. The van der Waals surface area contributed by atoms with Gasteiger partial charge in [0.05, 0.1) is 24.7 Å². The van der Waals surface area contributed by atoms with Crippen molar-refractivity contribution in [1.29, 1.82) is 0 Å². The highest BCUT2D eigenvalue weighted by molar-refractivity contribution is 5.07. The molecule has 3 aliphatic heterocycles. The van der Waals surface area contributed by atoms with Gasteiger partial charge in [-0.15, -0.1) is 0 Å². The second-order valence-electron chi connectivity index (χ2n) is 5.27. The maximum atomic E-state index is 5.82. The van der Waals surface area contributed by atoms with E-state index in [9.17, 15) is 0 Å². The lowest BCUT2D eigenvalue weighted by Gasteiger charge is -2.13. The smallest absolute Gasteiger partial charge is 0.232 e. The van der Waals surface area contributed by atoms with E-state index < -0.39 is 0 Å². The van der Waals surface area contributed by atoms with E-state index in [0.29, 0.717) is 24.0 Å². The van der Waals surface area contributed by atoms with Crippen LogP contribution in [0.5, 0.6) is 0 Å². The van der Waals surface area contributed by atoms with Gasteiger partial charge in [-0.3, -0.25) is 0 Å². The molecular formula is C12H16N2O3. The van der Waals surface area contributed by atoms with Crippen LogP contribution >= 0.6 is 0 Å². The predicted octanol–water partition coefficient (Wildman–Crippen LogP) is 1.61. The first-order chi connectivity index (χ1) is 8.40. The van der Waals surface area contributed by atoms with Crippen molar-refractivity contribution in [3.8, 4) is 0 Å². The molecule has 3 aliphatic rings. The standard InChI is InChI=1S/C12H16N2O3/c1-2-10-9(5-8(1)16-10)12-13-11(14-17-12)7-3-4-15-6-7/h7-10H,1-6H2/t7-,8-,9-,10-/m1/s1. The van der Waals surface area contributed by atoms with E-state index in [1.807, 2.05) is 0 Å². The lowest BCUT2D eigenvalue weighted by atomic mass is 9.89. The third kappa shape index (κ3) is 1.60. The molecule has 5 nitrogen and oxygen atoms in total. The third-order valence-corrected chi connectivity index (χ3v) is 4.18. The maximum absolute atomic E-state index is 5.82. The summed E-state index contributed by atoms with van der Waals surface area (Å²) >= 11 is 0. The average Bonchev–Trinajstić information content (AvgIpc) is 3.12. The fourth-order valence-electron chi connectivity index (χ4n) is 3.20. The minimum absolute atomic E-state index is 0.313. The Morgan fingerprint density at radius 1 is 1.18 bits per heavy atom. The Kier molecular flexibility index (Phi) is 2.23. The molecule has 0 aromatic carbocycles.